The Morgan fingerprint density at radius 3 is 3.18 bits per heavy atom. The molecule has 1 N–H and O–H groups in total. The standard InChI is InChI=1S/C13H17NO2S/c1-2-17-8-7-13(15)14-11-9-16-12-6-4-3-5-10(11)12/h3-6,11H,2,7-9H2,1H3,(H,14,15)/t11-/m0/s1. The van der Waals surface area contributed by atoms with Crippen LogP contribution in [0.5, 0.6) is 5.75 Å². The third-order valence-electron chi connectivity index (χ3n) is 2.71. The van der Waals surface area contributed by atoms with Gasteiger partial charge in [0.25, 0.3) is 0 Å². The Balaban J connectivity index is 1.87. The van der Waals surface area contributed by atoms with E-state index in [0.717, 1.165) is 22.8 Å². The quantitative estimate of drug-likeness (QED) is 0.817. The van der Waals surface area contributed by atoms with E-state index in [1.807, 2.05) is 24.3 Å². The molecule has 3 nitrogen and oxygen atoms in total. The van der Waals surface area contributed by atoms with E-state index in [0.29, 0.717) is 13.0 Å². The van der Waals surface area contributed by atoms with Crippen LogP contribution >= 0.6 is 11.8 Å². The molecule has 0 unspecified atom stereocenters. The second-order valence-electron chi connectivity index (χ2n) is 3.92. The van der Waals surface area contributed by atoms with Crippen molar-refractivity contribution in [3.63, 3.8) is 0 Å². The van der Waals surface area contributed by atoms with Crippen molar-refractivity contribution in [2.75, 3.05) is 18.1 Å². The molecule has 1 aliphatic rings. The van der Waals surface area contributed by atoms with E-state index < -0.39 is 0 Å². The SMILES string of the molecule is CCSCCC(=O)N[C@H]1COc2ccccc21. The molecule has 0 bridgehead atoms. The summed E-state index contributed by atoms with van der Waals surface area (Å²) in [6.07, 6.45) is 0.581. The third kappa shape index (κ3) is 3.16. The van der Waals surface area contributed by atoms with Gasteiger partial charge in [-0.3, -0.25) is 4.79 Å². The van der Waals surface area contributed by atoms with Crippen LogP contribution in [0.3, 0.4) is 0 Å². The van der Waals surface area contributed by atoms with Crippen LogP contribution in [0.25, 0.3) is 0 Å². The summed E-state index contributed by atoms with van der Waals surface area (Å²) < 4.78 is 5.52. The zero-order valence-corrected chi connectivity index (χ0v) is 10.8. The molecule has 1 atom stereocenters. The lowest BCUT2D eigenvalue weighted by atomic mass is 10.1. The number of thioether (sulfide) groups is 1. The number of para-hydroxylation sites is 1. The molecule has 4 heteroatoms. The van der Waals surface area contributed by atoms with E-state index in [2.05, 4.69) is 12.2 Å². The third-order valence-corrected chi connectivity index (χ3v) is 3.61. The fraction of sp³-hybridized carbons (Fsp3) is 0.462. The summed E-state index contributed by atoms with van der Waals surface area (Å²) in [4.78, 5) is 11.7. The van der Waals surface area contributed by atoms with Crippen LogP contribution in [0, 0.1) is 0 Å². The van der Waals surface area contributed by atoms with Crippen LogP contribution in [0.2, 0.25) is 0 Å². The van der Waals surface area contributed by atoms with E-state index in [4.69, 9.17) is 4.74 Å². The van der Waals surface area contributed by atoms with Crippen molar-refractivity contribution in [3.8, 4) is 5.75 Å². The summed E-state index contributed by atoms with van der Waals surface area (Å²) in [5.41, 5.74) is 1.09. The van der Waals surface area contributed by atoms with Crippen LogP contribution in [0.15, 0.2) is 24.3 Å². The van der Waals surface area contributed by atoms with Crippen LogP contribution < -0.4 is 10.1 Å². The minimum Gasteiger partial charge on any atom is -0.491 e. The van der Waals surface area contributed by atoms with Gasteiger partial charge in [0.1, 0.15) is 12.4 Å². The lowest BCUT2D eigenvalue weighted by molar-refractivity contribution is -0.121. The summed E-state index contributed by atoms with van der Waals surface area (Å²) in [5, 5.41) is 3.02. The van der Waals surface area contributed by atoms with Crippen molar-refractivity contribution >= 4 is 17.7 Å². The highest BCUT2D eigenvalue weighted by molar-refractivity contribution is 7.99. The summed E-state index contributed by atoms with van der Waals surface area (Å²) in [5.74, 6) is 2.94. The number of carbonyl (C=O) groups excluding carboxylic acids is 1. The molecule has 0 fully saturated rings. The Bertz CT molecular complexity index is 395. The van der Waals surface area contributed by atoms with Crippen molar-refractivity contribution in [1.82, 2.24) is 5.32 Å². The van der Waals surface area contributed by atoms with E-state index in [1.165, 1.54) is 0 Å². The summed E-state index contributed by atoms with van der Waals surface area (Å²) in [6, 6.07) is 7.88. The highest BCUT2D eigenvalue weighted by Gasteiger charge is 2.24. The maximum Gasteiger partial charge on any atom is 0.221 e. The average molecular weight is 251 g/mol. The molecule has 0 saturated heterocycles. The van der Waals surface area contributed by atoms with Gasteiger partial charge < -0.3 is 10.1 Å². The largest absolute Gasteiger partial charge is 0.491 e. The highest BCUT2D eigenvalue weighted by Crippen LogP contribution is 2.31. The zero-order valence-electron chi connectivity index (χ0n) is 9.94. The Morgan fingerprint density at radius 2 is 2.35 bits per heavy atom. The van der Waals surface area contributed by atoms with Gasteiger partial charge in [-0.1, -0.05) is 25.1 Å². The van der Waals surface area contributed by atoms with Crippen LogP contribution in [-0.4, -0.2) is 24.0 Å². The van der Waals surface area contributed by atoms with Crippen molar-refractivity contribution < 1.29 is 9.53 Å². The van der Waals surface area contributed by atoms with Gasteiger partial charge in [-0.05, 0) is 11.8 Å². The topological polar surface area (TPSA) is 38.3 Å². The van der Waals surface area contributed by atoms with Gasteiger partial charge in [0.15, 0.2) is 0 Å². The summed E-state index contributed by atoms with van der Waals surface area (Å²) >= 11 is 1.79. The number of benzene rings is 1. The number of ether oxygens (including phenoxy) is 1. The highest BCUT2D eigenvalue weighted by atomic mass is 32.2. The van der Waals surface area contributed by atoms with Crippen molar-refractivity contribution in [1.29, 1.82) is 0 Å². The minimum atomic E-state index is 0.0188. The average Bonchev–Trinajstić information content (AvgIpc) is 2.73. The van der Waals surface area contributed by atoms with Gasteiger partial charge in [0.2, 0.25) is 5.91 Å². The molecule has 0 aromatic heterocycles. The van der Waals surface area contributed by atoms with Gasteiger partial charge in [-0.25, -0.2) is 0 Å². The summed E-state index contributed by atoms with van der Waals surface area (Å²) in [6.45, 7) is 2.65. The van der Waals surface area contributed by atoms with Gasteiger partial charge >= 0.3 is 0 Å². The first kappa shape index (κ1) is 12.3. The fourth-order valence-electron chi connectivity index (χ4n) is 1.86. The van der Waals surface area contributed by atoms with E-state index in [-0.39, 0.29) is 11.9 Å². The number of hydrogen-bond acceptors (Lipinski definition) is 3. The van der Waals surface area contributed by atoms with Crippen LogP contribution in [-0.2, 0) is 4.79 Å². The minimum absolute atomic E-state index is 0.0188. The first-order valence-electron chi connectivity index (χ1n) is 5.90. The Kier molecular flexibility index (Phi) is 4.31. The molecule has 0 radical (unpaired) electrons. The predicted octanol–water partition coefficient (Wildman–Crippen LogP) is 2.38. The number of amides is 1. The Hall–Kier alpha value is -1.16. The molecule has 17 heavy (non-hydrogen) atoms. The first-order valence-corrected chi connectivity index (χ1v) is 7.05. The maximum atomic E-state index is 11.7. The Morgan fingerprint density at radius 1 is 1.53 bits per heavy atom. The van der Waals surface area contributed by atoms with E-state index >= 15 is 0 Å². The van der Waals surface area contributed by atoms with Gasteiger partial charge in [-0.15, -0.1) is 0 Å². The molecule has 1 aromatic carbocycles. The zero-order chi connectivity index (χ0) is 12.1. The molecule has 0 spiro atoms. The molecule has 0 saturated carbocycles. The first-order chi connectivity index (χ1) is 8.31. The second-order valence-corrected chi connectivity index (χ2v) is 5.31. The molecular weight excluding hydrogens is 234 g/mol. The molecule has 1 amide bonds. The second kappa shape index (κ2) is 5.96. The van der Waals surface area contributed by atoms with Crippen LogP contribution in [0.1, 0.15) is 24.9 Å². The van der Waals surface area contributed by atoms with Gasteiger partial charge in [-0.2, -0.15) is 11.8 Å². The molecular formula is C13H17NO2S. The molecule has 0 aliphatic carbocycles. The van der Waals surface area contributed by atoms with E-state index in [1.54, 1.807) is 11.8 Å². The van der Waals surface area contributed by atoms with Crippen molar-refractivity contribution in [3.05, 3.63) is 29.8 Å². The molecule has 1 aromatic rings. The van der Waals surface area contributed by atoms with Crippen molar-refractivity contribution in [2.24, 2.45) is 0 Å². The molecule has 1 aliphatic heterocycles. The number of fused-ring (bicyclic) bond motifs is 1. The smallest absolute Gasteiger partial charge is 0.221 e. The lowest BCUT2D eigenvalue weighted by Crippen LogP contribution is -2.29. The number of rotatable bonds is 5. The summed E-state index contributed by atoms with van der Waals surface area (Å²) in [7, 11) is 0. The lowest BCUT2D eigenvalue weighted by Gasteiger charge is -2.11. The van der Waals surface area contributed by atoms with Gasteiger partial charge in [0.05, 0.1) is 6.04 Å². The van der Waals surface area contributed by atoms with Gasteiger partial charge in [0, 0.05) is 17.7 Å². The van der Waals surface area contributed by atoms with Crippen molar-refractivity contribution in [2.45, 2.75) is 19.4 Å². The Labute approximate surface area is 106 Å². The molecule has 1 heterocycles. The monoisotopic (exact) mass is 251 g/mol. The normalized spacial score (nSPS) is 17.4. The molecule has 2 rings (SSSR count). The fourth-order valence-corrected chi connectivity index (χ4v) is 2.48. The number of nitrogens with one attached hydrogen (secondary N) is 1. The van der Waals surface area contributed by atoms with Crippen LogP contribution in [0.4, 0.5) is 0 Å². The number of hydrogen-bond donors (Lipinski definition) is 1. The molecule has 92 valence electrons. The predicted molar refractivity (Wildman–Crippen MR) is 70.4 cm³/mol. The maximum absolute atomic E-state index is 11.7. The van der Waals surface area contributed by atoms with E-state index in [9.17, 15) is 4.79 Å². The number of carbonyl (C=O) groups is 1.